The molecule has 0 saturated carbocycles. The number of thiocarbonyl (C=S) groups is 1. The monoisotopic (exact) mass is 361 g/mol. The van der Waals surface area contributed by atoms with Crippen LogP contribution < -0.4 is 16.0 Å². The van der Waals surface area contributed by atoms with Gasteiger partial charge in [0.15, 0.2) is 5.11 Å². The highest BCUT2D eigenvalue weighted by molar-refractivity contribution is 7.80. The third-order valence-corrected chi connectivity index (χ3v) is 4.44. The zero-order chi connectivity index (χ0) is 17.5. The van der Waals surface area contributed by atoms with Gasteiger partial charge in [0.1, 0.15) is 0 Å². The smallest absolute Gasteiger partial charge is 0.267 e. The van der Waals surface area contributed by atoms with Crippen molar-refractivity contribution in [2.75, 3.05) is 5.32 Å². The number of amides is 2. The molecule has 1 unspecified atom stereocenters. The number of carbonyl (C=O) groups excluding carboxylic acids is 2. The Morgan fingerprint density at radius 3 is 2.46 bits per heavy atom. The Morgan fingerprint density at radius 2 is 1.88 bits per heavy atom. The Balaban J connectivity index is 1.90. The summed E-state index contributed by atoms with van der Waals surface area (Å²) in [6.07, 6.45) is 0.879. The van der Waals surface area contributed by atoms with Crippen LogP contribution in [0, 0.1) is 0 Å². The van der Waals surface area contributed by atoms with Crippen molar-refractivity contribution in [3.63, 3.8) is 0 Å². The number of hydrogen-bond acceptors (Lipinski definition) is 4. The highest BCUT2D eigenvalue weighted by Gasteiger charge is 2.10. The van der Waals surface area contributed by atoms with Gasteiger partial charge in [-0.3, -0.25) is 14.9 Å². The predicted molar refractivity (Wildman–Crippen MR) is 102 cm³/mol. The van der Waals surface area contributed by atoms with E-state index in [1.54, 1.807) is 36.4 Å². The lowest BCUT2D eigenvalue weighted by Crippen LogP contribution is -2.33. The van der Waals surface area contributed by atoms with Crippen molar-refractivity contribution >= 4 is 46.2 Å². The highest BCUT2D eigenvalue weighted by Crippen LogP contribution is 2.11. The van der Waals surface area contributed by atoms with Crippen LogP contribution in [0.15, 0.2) is 41.8 Å². The largest absolute Gasteiger partial charge is 0.350 e. The second kappa shape index (κ2) is 8.56. The van der Waals surface area contributed by atoms with Gasteiger partial charge in [0.25, 0.3) is 11.8 Å². The lowest BCUT2D eigenvalue weighted by atomic mass is 10.1. The standard InChI is InChI=1S/C17H19N3O2S2/c1-3-11(2)18-15(21)12-6-8-13(9-7-12)19-17(23)20-16(22)14-5-4-10-24-14/h4-11H,3H2,1-2H3,(H,18,21)(H2,19,20,22,23). The van der Waals surface area contributed by atoms with Gasteiger partial charge < -0.3 is 10.6 Å². The van der Waals surface area contributed by atoms with Crippen LogP contribution in [-0.2, 0) is 0 Å². The number of hydrogen-bond donors (Lipinski definition) is 3. The summed E-state index contributed by atoms with van der Waals surface area (Å²) in [5, 5.41) is 10.5. The number of nitrogens with one attached hydrogen (secondary N) is 3. The lowest BCUT2D eigenvalue weighted by Gasteiger charge is -2.12. The maximum absolute atomic E-state index is 12.0. The fourth-order valence-electron chi connectivity index (χ4n) is 1.85. The van der Waals surface area contributed by atoms with Crippen molar-refractivity contribution in [2.24, 2.45) is 0 Å². The fourth-order valence-corrected chi connectivity index (χ4v) is 2.68. The molecular formula is C17H19N3O2S2. The molecule has 0 aliphatic heterocycles. The van der Waals surface area contributed by atoms with Gasteiger partial charge in [-0.2, -0.15) is 0 Å². The summed E-state index contributed by atoms with van der Waals surface area (Å²) in [6.45, 7) is 3.98. The van der Waals surface area contributed by atoms with Crippen LogP contribution in [0.4, 0.5) is 5.69 Å². The van der Waals surface area contributed by atoms with Gasteiger partial charge in [0.05, 0.1) is 4.88 Å². The first-order valence-electron chi connectivity index (χ1n) is 7.56. The lowest BCUT2D eigenvalue weighted by molar-refractivity contribution is 0.0937. The van der Waals surface area contributed by atoms with E-state index in [-0.39, 0.29) is 23.0 Å². The Bertz CT molecular complexity index is 712. The molecule has 3 N–H and O–H groups in total. The van der Waals surface area contributed by atoms with E-state index in [2.05, 4.69) is 16.0 Å². The first-order valence-corrected chi connectivity index (χ1v) is 8.85. The summed E-state index contributed by atoms with van der Waals surface area (Å²) in [6, 6.07) is 10.6. The predicted octanol–water partition coefficient (Wildman–Crippen LogP) is 3.40. The molecule has 0 aliphatic carbocycles. The minimum Gasteiger partial charge on any atom is -0.350 e. The summed E-state index contributed by atoms with van der Waals surface area (Å²) in [4.78, 5) is 24.5. The Morgan fingerprint density at radius 1 is 1.17 bits per heavy atom. The molecule has 1 aromatic heterocycles. The molecule has 0 fully saturated rings. The molecule has 126 valence electrons. The molecule has 2 rings (SSSR count). The molecule has 5 nitrogen and oxygen atoms in total. The summed E-state index contributed by atoms with van der Waals surface area (Å²) in [5.41, 5.74) is 1.28. The van der Waals surface area contributed by atoms with E-state index < -0.39 is 0 Å². The molecule has 0 spiro atoms. The van der Waals surface area contributed by atoms with Gasteiger partial charge in [0, 0.05) is 17.3 Å². The minimum atomic E-state index is -0.243. The molecule has 1 atom stereocenters. The molecule has 0 radical (unpaired) electrons. The highest BCUT2D eigenvalue weighted by atomic mass is 32.1. The van der Waals surface area contributed by atoms with Crippen molar-refractivity contribution in [3.8, 4) is 0 Å². The van der Waals surface area contributed by atoms with E-state index in [1.807, 2.05) is 19.2 Å². The second-order valence-corrected chi connectivity index (χ2v) is 6.60. The number of anilines is 1. The van der Waals surface area contributed by atoms with Gasteiger partial charge in [-0.05, 0) is 61.3 Å². The molecule has 7 heteroatoms. The van der Waals surface area contributed by atoms with E-state index in [9.17, 15) is 9.59 Å². The Kier molecular flexibility index (Phi) is 6.45. The molecule has 2 amide bonds. The molecule has 0 aliphatic rings. The van der Waals surface area contributed by atoms with Crippen LogP contribution in [-0.4, -0.2) is 23.0 Å². The average Bonchev–Trinajstić information content (AvgIpc) is 3.09. The SMILES string of the molecule is CCC(C)NC(=O)c1ccc(NC(=S)NC(=O)c2cccs2)cc1. The zero-order valence-corrected chi connectivity index (χ0v) is 15.1. The minimum absolute atomic E-state index is 0.107. The van der Waals surface area contributed by atoms with Crippen LogP contribution in [0.1, 0.15) is 40.3 Å². The molecule has 1 heterocycles. The number of rotatable bonds is 5. The average molecular weight is 361 g/mol. The first kappa shape index (κ1) is 18.1. The van der Waals surface area contributed by atoms with Crippen molar-refractivity contribution in [1.29, 1.82) is 0 Å². The van der Waals surface area contributed by atoms with Gasteiger partial charge in [0.2, 0.25) is 0 Å². The van der Waals surface area contributed by atoms with Crippen LogP contribution in [0.3, 0.4) is 0 Å². The van der Waals surface area contributed by atoms with Gasteiger partial charge in [-0.15, -0.1) is 11.3 Å². The maximum atomic E-state index is 12.0. The van der Waals surface area contributed by atoms with E-state index in [1.165, 1.54) is 11.3 Å². The molecule has 0 saturated heterocycles. The maximum Gasteiger partial charge on any atom is 0.267 e. The Labute approximate surface area is 150 Å². The summed E-state index contributed by atoms with van der Waals surface area (Å²) in [5.74, 6) is -0.350. The summed E-state index contributed by atoms with van der Waals surface area (Å²) in [7, 11) is 0. The van der Waals surface area contributed by atoms with Crippen LogP contribution in [0.5, 0.6) is 0 Å². The fraction of sp³-hybridized carbons (Fsp3) is 0.235. The molecule has 1 aromatic carbocycles. The summed E-state index contributed by atoms with van der Waals surface area (Å²) >= 11 is 6.47. The normalized spacial score (nSPS) is 11.4. The van der Waals surface area contributed by atoms with Crippen molar-refractivity contribution in [1.82, 2.24) is 10.6 Å². The van der Waals surface area contributed by atoms with Crippen molar-refractivity contribution in [3.05, 3.63) is 52.2 Å². The Hall–Kier alpha value is -2.25. The number of carbonyl (C=O) groups is 2. The third kappa shape index (κ3) is 5.14. The van der Waals surface area contributed by atoms with E-state index in [0.717, 1.165) is 6.42 Å². The van der Waals surface area contributed by atoms with Crippen LogP contribution >= 0.6 is 23.6 Å². The van der Waals surface area contributed by atoms with Gasteiger partial charge >= 0.3 is 0 Å². The van der Waals surface area contributed by atoms with Crippen molar-refractivity contribution in [2.45, 2.75) is 26.3 Å². The van der Waals surface area contributed by atoms with Gasteiger partial charge in [-0.1, -0.05) is 13.0 Å². The molecule has 24 heavy (non-hydrogen) atoms. The topological polar surface area (TPSA) is 70.2 Å². The van der Waals surface area contributed by atoms with Crippen LogP contribution in [0.25, 0.3) is 0 Å². The molecule has 2 aromatic rings. The van der Waals surface area contributed by atoms with E-state index in [0.29, 0.717) is 16.1 Å². The summed E-state index contributed by atoms with van der Waals surface area (Å²) < 4.78 is 0. The molecular weight excluding hydrogens is 342 g/mol. The van der Waals surface area contributed by atoms with Crippen LogP contribution in [0.2, 0.25) is 0 Å². The first-order chi connectivity index (χ1) is 11.5. The van der Waals surface area contributed by atoms with Gasteiger partial charge in [-0.25, -0.2) is 0 Å². The number of benzene rings is 1. The van der Waals surface area contributed by atoms with E-state index in [4.69, 9.17) is 12.2 Å². The van der Waals surface area contributed by atoms with E-state index >= 15 is 0 Å². The number of thiophene rings is 1. The second-order valence-electron chi connectivity index (χ2n) is 5.25. The third-order valence-electron chi connectivity index (χ3n) is 3.37. The molecule has 0 bridgehead atoms. The zero-order valence-electron chi connectivity index (χ0n) is 13.5. The van der Waals surface area contributed by atoms with Crippen molar-refractivity contribution < 1.29 is 9.59 Å². The quantitative estimate of drug-likeness (QED) is 0.714.